The third kappa shape index (κ3) is 2.94. The molecule has 5 nitrogen and oxygen atoms in total. The number of ether oxygens (including phenoxy) is 2. The number of rotatable bonds is 3. The molecule has 18 heavy (non-hydrogen) atoms. The van der Waals surface area contributed by atoms with Gasteiger partial charge in [-0.2, -0.15) is 9.97 Å². The summed E-state index contributed by atoms with van der Waals surface area (Å²) in [6, 6.07) is 6.36. The second-order valence-electron chi connectivity index (χ2n) is 3.28. The van der Waals surface area contributed by atoms with Crippen LogP contribution in [0.2, 0.25) is 10.0 Å². The Morgan fingerprint density at radius 3 is 2.56 bits per heavy atom. The van der Waals surface area contributed by atoms with E-state index in [1.54, 1.807) is 18.2 Å². The molecule has 0 aliphatic heterocycles. The molecule has 2 rings (SSSR count). The lowest BCUT2D eigenvalue weighted by Crippen LogP contribution is -1.99. The fourth-order valence-electron chi connectivity index (χ4n) is 1.25. The van der Waals surface area contributed by atoms with E-state index in [0.29, 0.717) is 21.7 Å². The van der Waals surface area contributed by atoms with Gasteiger partial charge in [-0.15, -0.1) is 0 Å². The van der Waals surface area contributed by atoms with E-state index in [1.807, 2.05) is 0 Å². The molecule has 0 unspecified atom stereocenters. The van der Waals surface area contributed by atoms with Crippen molar-refractivity contribution >= 4 is 29.2 Å². The van der Waals surface area contributed by atoms with E-state index in [2.05, 4.69) is 9.97 Å². The van der Waals surface area contributed by atoms with Crippen LogP contribution in [0.5, 0.6) is 17.5 Å². The first-order valence-electron chi connectivity index (χ1n) is 4.90. The van der Waals surface area contributed by atoms with Gasteiger partial charge in [0.2, 0.25) is 17.7 Å². The second-order valence-corrected chi connectivity index (χ2v) is 4.13. The molecule has 1 aromatic heterocycles. The lowest BCUT2D eigenvalue weighted by Gasteiger charge is -2.08. The first kappa shape index (κ1) is 12.7. The van der Waals surface area contributed by atoms with Gasteiger partial charge >= 0.3 is 0 Å². The Balaban J connectivity index is 2.33. The third-order valence-corrected chi connectivity index (χ3v) is 2.56. The Hall–Kier alpha value is -1.72. The van der Waals surface area contributed by atoms with E-state index >= 15 is 0 Å². The number of hydrogen-bond acceptors (Lipinski definition) is 5. The summed E-state index contributed by atoms with van der Waals surface area (Å²) in [5.41, 5.74) is 5.52. The smallest absolute Gasteiger partial charge is 0.227 e. The highest BCUT2D eigenvalue weighted by Crippen LogP contribution is 2.32. The molecule has 0 aliphatic carbocycles. The summed E-state index contributed by atoms with van der Waals surface area (Å²) in [4.78, 5) is 7.75. The van der Waals surface area contributed by atoms with Crippen LogP contribution >= 0.6 is 23.2 Å². The van der Waals surface area contributed by atoms with Crippen LogP contribution in [0.1, 0.15) is 0 Å². The molecule has 2 aromatic rings. The zero-order valence-electron chi connectivity index (χ0n) is 9.35. The van der Waals surface area contributed by atoms with E-state index in [-0.39, 0.29) is 11.8 Å². The summed E-state index contributed by atoms with van der Waals surface area (Å²) in [5.74, 6) is 0.950. The molecule has 0 saturated heterocycles. The predicted molar refractivity (Wildman–Crippen MR) is 69.5 cm³/mol. The summed E-state index contributed by atoms with van der Waals surface area (Å²) in [6.07, 6.45) is 0. The number of benzene rings is 1. The number of nitrogen functional groups attached to an aromatic ring is 1. The summed E-state index contributed by atoms with van der Waals surface area (Å²) < 4.78 is 10.4. The van der Waals surface area contributed by atoms with Crippen molar-refractivity contribution in [1.29, 1.82) is 0 Å². The number of nitrogens with zero attached hydrogens (tertiary/aromatic N) is 2. The van der Waals surface area contributed by atoms with Gasteiger partial charge in [0.15, 0.2) is 0 Å². The maximum absolute atomic E-state index is 5.97. The molecule has 1 heterocycles. The Labute approximate surface area is 113 Å². The van der Waals surface area contributed by atoms with E-state index in [0.717, 1.165) is 0 Å². The third-order valence-electron chi connectivity index (χ3n) is 2.01. The molecule has 2 N–H and O–H groups in total. The first-order valence-corrected chi connectivity index (χ1v) is 5.65. The van der Waals surface area contributed by atoms with Crippen LogP contribution < -0.4 is 15.2 Å². The minimum Gasteiger partial charge on any atom is -0.481 e. The summed E-state index contributed by atoms with van der Waals surface area (Å²) in [6.45, 7) is 0. The monoisotopic (exact) mass is 285 g/mol. The van der Waals surface area contributed by atoms with Gasteiger partial charge in [0, 0.05) is 11.1 Å². The lowest BCUT2D eigenvalue weighted by molar-refractivity contribution is 0.389. The molecular weight excluding hydrogens is 277 g/mol. The minimum absolute atomic E-state index is 0.0440. The van der Waals surface area contributed by atoms with Gasteiger partial charge in [-0.25, -0.2) is 0 Å². The summed E-state index contributed by atoms with van der Waals surface area (Å²) in [5, 5.41) is 0.916. The number of halogens is 2. The van der Waals surface area contributed by atoms with E-state index in [9.17, 15) is 0 Å². The van der Waals surface area contributed by atoms with Gasteiger partial charge in [0.1, 0.15) is 5.75 Å². The second kappa shape index (κ2) is 5.29. The van der Waals surface area contributed by atoms with Gasteiger partial charge in [0.05, 0.1) is 18.2 Å². The average molecular weight is 286 g/mol. The maximum atomic E-state index is 5.97. The highest BCUT2D eigenvalue weighted by Gasteiger charge is 2.08. The van der Waals surface area contributed by atoms with Crippen molar-refractivity contribution in [2.45, 2.75) is 0 Å². The molecule has 0 aliphatic rings. The largest absolute Gasteiger partial charge is 0.481 e. The number of aromatic nitrogens is 2. The molecule has 0 atom stereocenters. The van der Waals surface area contributed by atoms with E-state index in [4.69, 9.17) is 38.4 Å². The van der Waals surface area contributed by atoms with Crippen LogP contribution in [0.3, 0.4) is 0 Å². The Bertz CT molecular complexity index is 578. The fourth-order valence-corrected chi connectivity index (χ4v) is 1.56. The van der Waals surface area contributed by atoms with Crippen LogP contribution in [0.25, 0.3) is 0 Å². The van der Waals surface area contributed by atoms with Crippen molar-refractivity contribution in [2.75, 3.05) is 12.8 Å². The van der Waals surface area contributed by atoms with Crippen LogP contribution in [-0.2, 0) is 0 Å². The van der Waals surface area contributed by atoms with Gasteiger partial charge in [-0.1, -0.05) is 23.2 Å². The minimum atomic E-state index is 0.0440. The maximum Gasteiger partial charge on any atom is 0.227 e. The average Bonchev–Trinajstić information content (AvgIpc) is 2.33. The summed E-state index contributed by atoms with van der Waals surface area (Å²) in [7, 11) is 1.47. The topological polar surface area (TPSA) is 70.3 Å². The van der Waals surface area contributed by atoms with Gasteiger partial charge in [-0.05, 0) is 12.1 Å². The fraction of sp³-hybridized carbons (Fsp3) is 0.0909. The molecule has 1 aromatic carbocycles. The van der Waals surface area contributed by atoms with Crippen LogP contribution in [0.4, 0.5) is 5.95 Å². The lowest BCUT2D eigenvalue weighted by atomic mass is 10.3. The van der Waals surface area contributed by atoms with E-state index in [1.165, 1.54) is 13.2 Å². The number of nitrogens with two attached hydrogens (primary N) is 1. The van der Waals surface area contributed by atoms with Gasteiger partial charge < -0.3 is 15.2 Å². The number of methoxy groups -OCH3 is 1. The molecule has 0 saturated carbocycles. The summed E-state index contributed by atoms with van der Waals surface area (Å²) >= 11 is 11.8. The zero-order chi connectivity index (χ0) is 13.1. The predicted octanol–water partition coefficient (Wildman–Crippen LogP) is 3.17. The van der Waals surface area contributed by atoms with Crippen LogP contribution in [-0.4, -0.2) is 17.1 Å². The van der Waals surface area contributed by atoms with Gasteiger partial charge in [-0.3, -0.25) is 0 Å². The van der Waals surface area contributed by atoms with E-state index < -0.39 is 0 Å². The van der Waals surface area contributed by atoms with Crippen molar-refractivity contribution < 1.29 is 9.47 Å². The van der Waals surface area contributed by atoms with Crippen LogP contribution in [0, 0.1) is 0 Å². The normalized spacial score (nSPS) is 10.2. The Morgan fingerprint density at radius 1 is 1.11 bits per heavy atom. The molecule has 0 fully saturated rings. The SMILES string of the molecule is COc1cc(Oc2cc(Cl)ccc2Cl)nc(N)n1. The molecule has 0 amide bonds. The highest BCUT2D eigenvalue weighted by molar-refractivity contribution is 6.34. The quantitative estimate of drug-likeness (QED) is 0.938. The molecular formula is C11H9Cl2N3O2. The van der Waals surface area contributed by atoms with Crippen molar-refractivity contribution in [3.63, 3.8) is 0 Å². The van der Waals surface area contributed by atoms with Crippen molar-refractivity contribution in [3.8, 4) is 17.5 Å². The number of hydrogen-bond donors (Lipinski definition) is 1. The molecule has 0 spiro atoms. The molecule has 0 bridgehead atoms. The molecule has 7 heteroatoms. The van der Waals surface area contributed by atoms with Gasteiger partial charge in [0.25, 0.3) is 0 Å². The Kier molecular flexibility index (Phi) is 3.74. The van der Waals surface area contributed by atoms with Crippen molar-refractivity contribution in [3.05, 3.63) is 34.3 Å². The highest BCUT2D eigenvalue weighted by atomic mass is 35.5. The van der Waals surface area contributed by atoms with Crippen molar-refractivity contribution in [1.82, 2.24) is 9.97 Å². The first-order chi connectivity index (χ1) is 8.58. The molecule has 0 radical (unpaired) electrons. The van der Waals surface area contributed by atoms with Crippen LogP contribution in [0.15, 0.2) is 24.3 Å². The molecule has 94 valence electrons. The standard InChI is InChI=1S/C11H9Cl2N3O2/c1-17-9-5-10(16-11(14)15-9)18-8-4-6(12)2-3-7(8)13/h2-5H,1H3,(H2,14,15,16). The van der Waals surface area contributed by atoms with Crippen molar-refractivity contribution in [2.24, 2.45) is 0 Å². The zero-order valence-corrected chi connectivity index (χ0v) is 10.9. The Morgan fingerprint density at radius 2 is 1.83 bits per heavy atom. The number of anilines is 1.